The second-order valence-electron chi connectivity index (χ2n) is 14.7. The number of thioether (sulfide) groups is 2. The quantitative estimate of drug-likeness (QED) is 0.0258. The minimum absolute atomic E-state index is 0.000374. The fraction of sp³-hybridized carbons (Fsp3) is 0.756. The van der Waals surface area contributed by atoms with Gasteiger partial charge in [0, 0.05) is 95.5 Å². The number of nitrogens with zero attached hydrogens (tertiary/aromatic N) is 3. The van der Waals surface area contributed by atoms with Crippen molar-refractivity contribution in [2.75, 3.05) is 37.7 Å². The van der Waals surface area contributed by atoms with Crippen LogP contribution in [0.15, 0.2) is 15.0 Å². The largest absolute Gasteiger partial charge is 0.370 e. The highest BCUT2D eigenvalue weighted by Crippen LogP contribution is 2.18. The summed E-state index contributed by atoms with van der Waals surface area (Å²) in [7, 11) is 0. The van der Waals surface area contributed by atoms with Crippen LogP contribution in [0.3, 0.4) is 0 Å². The van der Waals surface area contributed by atoms with E-state index < -0.39 is 12.0 Å². The van der Waals surface area contributed by atoms with Crippen molar-refractivity contribution in [2.24, 2.45) is 61.2 Å². The van der Waals surface area contributed by atoms with Crippen molar-refractivity contribution in [2.45, 2.75) is 149 Å². The first kappa shape index (κ1) is 58.9. The summed E-state index contributed by atoms with van der Waals surface area (Å²) < 4.78 is 0. The predicted molar refractivity (Wildman–Crippen MR) is 250 cm³/mol. The maximum absolute atomic E-state index is 13.1. The van der Waals surface area contributed by atoms with E-state index in [2.05, 4.69) is 25.6 Å². The number of nitrogens with one attached hydrogen (secondary N) is 2. The van der Waals surface area contributed by atoms with Gasteiger partial charge in [0.05, 0.1) is 6.04 Å². The van der Waals surface area contributed by atoms with Crippen LogP contribution < -0.4 is 45.0 Å². The first-order chi connectivity index (χ1) is 28.9. The molecule has 20 heteroatoms. The van der Waals surface area contributed by atoms with Crippen LogP contribution in [0.2, 0.25) is 0 Å². The van der Waals surface area contributed by atoms with E-state index >= 15 is 0 Å². The molecular formula is C41H77N11O7S2. The molecule has 61 heavy (non-hydrogen) atoms. The third-order valence-electron chi connectivity index (χ3n) is 9.01. The maximum Gasteiger partial charge on any atom is 0.224 e. The lowest BCUT2D eigenvalue weighted by Crippen LogP contribution is -2.44. The summed E-state index contributed by atoms with van der Waals surface area (Å²) in [5.74, 6) is 0.292. The number of guanidine groups is 3. The molecule has 0 heterocycles. The predicted octanol–water partition coefficient (Wildman–Crippen LogP) is 2.95. The monoisotopic (exact) mass is 900 g/mol. The SMILES string of the molecule is CCCC(=O)[C@H](CCCN=C(N)N)NC(=O)[C@H](CCCN=C(N)N)CC(=O)CCCCCSC(C)=O.CCNC(=O)[C@H](CCCN=C(N)N)CC(=O)CCCCCSC(C)=O. The highest BCUT2D eigenvalue weighted by molar-refractivity contribution is 8.13. The fourth-order valence-corrected chi connectivity index (χ4v) is 7.25. The molecule has 350 valence electrons. The van der Waals surface area contributed by atoms with Crippen LogP contribution in [0, 0.1) is 11.8 Å². The smallest absolute Gasteiger partial charge is 0.224 e. The normalized spacial score (nSPS) is 12.0. The molecule has 0 spiro atoms. The lowest BCUT2D eigenvalue weighted by Gasteiger charge is -2.22. The van der Waals surface area contributed by atoms with Crippen LogP contribution in [-0.4, -0.2) is 101 Å². The molecule has 0 aliphatic carbocycles. The number of unbranched alkanes of at least 4 members (excludes halogenated alkanes) is 4. The molecule has 0 rings (SSSR count). The van der Waals surface area contributed by atoms with E-state index in [1.165, 1.54) is 30.4 Å². The van der Waals surface area contributed by atoms with Crippen LogP contribution in [0.4, 0.5) is 0 Å². The van der Waals surface area contributed by atoms with E-state index in [1.807, 2.05) is 13.8 Å². The zero-order chi connectivity index (χ0) is 46.4. The number of Topliss-reactive ketones (excluding diaryl/α,β-unsaturated/α-hetero) is 3. The summed E-state index contributed by atoms with van der Waals surface area (Å²) in [5, 5.41) is 5.87. The number of aliphatic imine (C=N–C) groups is 3. The standard InChI is InChI=1S/C24H45N7O4S.C17H32N4O3S/c1-3-9-21(34)20(12-8-14-30-24(27)28)31-22(35)18(10-7-13-29-23(25)26)16-19(33)11-5-4-6-15-36-17(2)32;1-3-20-16(24)14(8-7-10-21-17(18)19)12-15(23)9-5-4-6-11-25-13(2)22/h18,20H,3-16H2,1-2H3,(H,31,35)(H4,25,26,29)(H4,27,28,30);14H,3-12H2,1-2H3,(H,20,24)(H4,18,19,21)/t18-,20+;14-/m11/s1. The van der Waals surface area contributed by atoms with Crippen molar-refractivity contribution < 1.29 is 33.6 Å². The molecule has 0 unspecified atom stereocenters. The molecule has 0 radical (unpaired) electrons. The second kappa shape index (κ2) is 38.7. The molecule has 0 fully saturated rings. The van der Waals surface area contributed by atoms with E-state index in [1.54, 1.807) is 6.92 Å². The van der Waals surface area contributed by atoms with Crippen LogP contribution in [0.5, 0.6) is 0 Å². The zero-order valence-corrected chi connectivity index (χ0v) is 38.8. The Hall–Kier alpha value is -4.20. The van der Waals surface area contributed by atoms with Crippen molar-refractivity contribution in [3.8, 4) is 0 Å². The van der Waals surface area contributed by atoms with E-state index in [0.717, 1.165) is 43.6 Å². The Kier molecular flexibility index (Phi) is 37.4. The van der Waals surface area contributed by atoms with Crippen molar-refractivity contribution >= 4 is 80.8 Å². The summed E-state index contributed by atoms with van der Waals surface area (Å²) in [6.45, 7) is 8.57. The topological polar surface area (TPSA) is 337 Å². The van der Waals surface area contributed by atoms with Gasteiger partial charge in [-0.3, -0.25) is 48.5 Å². The van der Waals surface area contributed by atoms with Crippen molar-refractivity contribution in [1.82, 2.24) is 10.6 Å². The second-order valence-corrected chi connectivity index (χ2v) is 17.2. The molecule has 18 nitrogen and oxygen atoms in total. The Bertz CT molecular complexity index is 1400. The van der Waals surface area contributed by atoms with Gasteiger partial charge >= 0.3 is 0 Å². The van der Waals surface area contributed by atoms with Gasteiger partial charge in [0.2, 0.25) is 11.8 Å². The zero-order valence-electron chi connectivity index (χ0n) is 37.2. The summed E-state index contributed by atoms with van der Waals surface area (Å²) >= 11 is 2.60. The van der Waals surface area contributed by atoms with Gasteiger partial charge in [0.1, 0.15) is 11.6 Å². The fourth-order valence-electron chi connectivity index (χ4n) is 5.98. The minimum Gasteiger partial charge on any atom is -0.370 e. The Labute approximate surface area is 372 Å². The van der Waals surface area contributed by atoms with E-state index in [4.69, 9.17) is 34.4 Å². The molecule has 0 bridgehead atoms. The number of rotatable bonds is 35. The van der Waals surface area contributed by atoms with Crippen LogP contribution in [0.25, 0.3) is 0 Å². The van der Waals surface area contributed by atoms with Crippen molar-refractivity contribution in [3.63, 3.8) is 0 Å². The minimum atomic E-state index is -0.652. The molecule has 0 aliphatic heterocycles. The first-order valence-corrected chi connectivity index (χ1v) is 23.5. The molecule has 2 amide bonds. The van der Waals surface area contributed by atoms with E-state index in [0.29, 0.717) is 96.8 Å². The lowest BCUT2D eigenvalue weighted by atomic mass is 9.93. The van der Waals surface area contributed by atoms with Gasteiger partial charge in [0.25, 0.3) is 0 Å². The highest BCUT2D eigenvalue weighted by Gasteiger charge is 2.26. The average Bonchev–Trinajstić information content (AvgIpc) is 3.17. The Balaban J connectivity index is 0. The molecule has 0 saturated heterocycles. The molecule has 0 aromatic carbocycles. The molecule has 0 aromatic rings. The average molecular weight is 900 g/mol. The van der Waals surface area contributed by atoms with E-state index in [9.17, 15) is 33.6 Å². The number of hydrogen-bond donors (Lipinski definition) is 8. The molecule has 3 atom stereocenters. The number of carbonyl (C=O) groups is 7. The van der Waals surface area contributed by atoms with Gasteiger partial charge in [-0.05, 0) is 77.6 Å². The van der Waals surface area contributed by atoms with Gasteiger partial charge in [-0.25, -0.2) is 0 Å². The number of ketones is 3. The number of nitrogens with two attached hydrogens (primary N) is 6. The summed E-state index contributed by atoms with van der Waals surface area (Å²) in [6.07, 6.45) is 10.4. The third-order valence-corrected chi connectivity index (χ3v) is 10.8. The van der Waals surface area contributed by atoms with Gasteiger partial charge in [-0.2, -0.15) is 0 Å². The molecule has 0 aliphatic rings. The summed E-state index contributed by atoms with van der Waals surface area (Å²) in [5.41, 5.74) is 32.0. The number of carbonyl (C=O) groups excluding carboxylic acids is 7. The van der Waals surface area contributed by atoms with Crippen LogP contribution in [-0.2, 0) is 33.6 Å². The van der Waals surface area contributed by atoms with Crippen LogP contribution >= 0.6 is 23.5 Å². The number of hydrogen-bond acceptors (Lipinski definition) is 12. The van der Waals surface area contributed by atoms with Gasteiger partial charge in [-0.15, -0.1) is 0 Å². The lowest BCUT2D eigenvalue weighted by molar-refractivity contribution is -0.132. The molecule has 0 saturated carbocycles. The van der Waals surface area contributed by atoms with Crippen molar-refractivity contribution in [3.05, 3.63) is 0 Å². The van der Waals surface area contributed by atoms with Gasteiger partial charge in [0.15, 0.2) is 33.9 Å². The Morgan fingerprint density at radius 1 is 0.525 bits per heavy atom. The Morgan fingerprint density at radius 3 is 1.31 bits per heavy atom. The van der Waals surface area contributed by atoms with E-state index in [-0.39, 0.29) is 76.0 Å². The molecule has 0 aromatic heterocycles. The Morgan fingerprint density at radius 2 is 0.934 bits per heavy atom. The summed E-state index contributed by atoms with van der Waals surface area (Å²) in [4.78, 5) is 96.2. The molecular weight excluding hydrogens is 823 g/mol. The van der Waals surface area contributed by atoms with Gasteiger partial charge < -0.3 is 45.0 Å². The molecule has 14 N–H and O–H groups in total. The van der Waals surface area contributed by atoms with Crippen LogP contribution in [0.1, 0.15) is 143 Å². The third kappa shape index (κ3) is 38.5. The van der Waals surface area contributed by atoms with Gasteiger partial charge in [-0.1, -0.05) is 43.3 Å². The first-order valence-electron chi connectivity index (χ1n) is 21.5. The number of amides is 2. The van der Waals surface area contributed by atoms with Crippen molar-refractivity contribution in [1.29, 1.82) is 0 Å². The maximum atomic E-state index is 13.1. The summed E-state index contributed by atoms with van der Waals surface area (Å²) in [6, 6.07) is -0.652. The highest BCUT2D eigenvalue weighted by atomic mass is 32.2.